The van der Waals surface area contributed by atoms with Crippen LogP contribution in [0, 0.1) is 5.92 Å². The Morgan fingerprint density at radius 3 is 2.62 bits per heavy atom. The lowest BCUT2D eigenvalue weighted by atomic mass is 9.97. The highest BCUT2D eigenvalue weighted by Gasteiger charge is 2.09. The average molecular weight is 276 g/mol. The van der Waals surface area contributed by atoms with Gasteiger partial charge in [0.1, 0.15) is 6.33 Å². The van der Waals surface area contributed by atoms with E-state index in [9.17, 15) is 0 Å². The summed E-state index contributed by atoms with van der Waals surface area (Å²) in [5, 5.41) is 0. The highest BCUT2D eigenvalue weighted by molar-refractivity contribution is 5.86. The molecule has 0 amide bonds. The van der Waals surface area contributed by atoms with Crippen LogP contribution in [0.5, 0.6) is 0 Å². The van der Waals surface area contributed by atoms with Gasteiger partial charge in [0.25, 0.3) is 0 Å². The molecular formula is C17H16N4. The maximum Gasteiger partial charge on any atom is 0.115 e. The summed E-state index contributed by atoms with van der Waals surface area (Å²) >= 11 is 0. The summed E-state index contributed by atoms with van der Waals surface area (Å²) in [6, 6.07) is 4.01. The van der Waals surface area contributed by atoms with Crippen molar-refractivity contribution < 1.29 is 0 Å². The second-order valence-electron chi connectivity index (χ2n) is 5.05. The van der Waals surface area contributed by atoms with Crippen molar-refractivity contribution in [3.05, 3.63) is 66.5 Å². The fraction of sp³-hybridized carbons (Fsp3) is 0.176. The summed E-state index contributed by atoms with van der Waals surface area (Å²) in [6.45, 7) is 2.19. The van der Waals surface area contributed by atoms with Crippen LogP contribution in [0.2, 0.25) is 0 Å². The smallest absolute Gasteiger partial charge is 0.115 e. The fourth-order valence-electron chi connectivity index (χ4n) is 2.23. The number of pyridine rings is 1. The van der Waals surface area contributed by atoms with E-state index < -0.39 is 0 Å². The molecule has 0 saturated carbocycles. The van der Waals surface area contributed by atoms with Crippen molar-refractivity contribution in [2.45, 2.75) is 13.3 Å². The number of allylic oxidation sites excluding steroid dienone is 3. The van der Waals surface area contributed by atoms with Gasteiger partial charge >= 0.3 is 0 Å². The molecule has 104 valence electrons. The van der Waals surface area contributed by atoms with Gasteiger partial charge in [0.15, 0.2) is 0 Å². The molecule has 21 heavy (non-hydrogen) atoms. The van der Waals surface area contributed by atoms with Crippen molar-refractivity contribution in [3.8, 4) is 0 Å². The minimum absolute atomic E-state index is 0.439. The SMILES string of the molecule is C[C@@H]1/C=C(c2cccnc2)\C=C(\c2cncnc2)N=CC1. The van der Waals surface area contributed by atoms with E-state index in [4.69, 9.17) is 0 Å². The molecule has 0 saturated heterocycles. The zero-order chi connectivity index (χ0) is 14.5. The molecular weight excluding hydrogens is 260 g/mol. The van der Waals surface area contributed by atoms with E-state index in [-0.39, 0.29) is 0 Å². The second kappa shape index (κ2) is 6.22. The average Bonchev–Trinajstić information content (AvgIpc) is 2.52. The predicted octanol–water partition coefficient (Wildman–Crippen LogP) is 3.41. The van der Waals surface area contributed by atoms with Crippen LogP contribution < -0.4 is 0 Å². The first-order valence-corrected chi connectivity index (χ1v) is 6.95. The van der Waals surface area contributed by atoms with Crippen LogP contribution in [0.15, 0.2) is 60.4 Å². The van der Waals surface area contributed by atoms with E-state index >= 15 is 0 Å². The molecule has 2 aromatic heterocycles. The van der Waals surface area contributed by atoms with Crippen LogP contribution in [-0.4, -0.2) is 21.2 Å². The molecule has 0 radical (unpaired) electrons. The van der Waals surface area contributed by atoms with Crippen LogP contribution in [0.4, 0.5) is 0 Å². The van der Waals surface area contributed by atoms with Gasteiger partial charge < -0.3 is 0 Å². The van der Waals surface area contributed by atoms with Crippen molar-refractivity contribution in [1.29, 1.82) is 0 Å². The quantitative estimate of drug-likeness (QED) is 0.844. The minimum atomic E-state index is 0.439. The molecule has 0 aromatic carbocycles. The lowest BCUT2D eigenvalue weighted by Gasteiger charge is -2.12. The van der Waals surface area contributed by atoms with E-state index in [1.165, 1.54) is 6.33 Å². The first-order chi connectivity index (χ1) is 10.3. The molecule has 1 atom stereocenters. The maximum atomic E-state index is 4.57. The van der Waals surface area contributed by atoms with Gasteiger partial charge in [0.2, 0.25) is 0 Å². The van der Waals surface area contributed by atoms with Gasteiger partial charge in [0, 0.05) is 36.6 Å². The van der Waals surface area contributed by atoms with Gasteiger partial charge in [-0.2, -0.15) is 0 Å². The van der Waals surface area contributed by atoms with E-state index in [0.29, 0.717) is 5.92 Å². The molecule has 0 bridgehead atoms. The number of rotatable bonds is 2. The number of hydrogen-bond donors (Lipinski definition) is 0. The van der Waals surface area contributed by atoms with E-state index in [0.717, 1.165) is 28.8 Å². The van der Waals surface area contributed by atoms with Gasteiger partial charge in [-0.25, -0.2) is 9.97 Å². The van der Waals surface area contributed by atoms with E-state index in [2.05, 4.69) is 45.1 Å². The van der Waals surface area contributed by atoms with Gasteiger partial charge in [-0.05, 0) is 35.6 Å². The fourth-order valence-corrected chi connectivity index (χ4v) is 2.23. The Morgan fingerprint density at radius 1 is 1.05 bits per heavy atom. The van der Waals surface area contributed by atoms with Crippen molar-refractivity contribution in [1.82, 2.24) is 15.0 Å². The molecule has 1 aliphatic heterocycles. The summed E-state index contributed by atoms with van der Waals surface area (Å²) in [5.74, 6) is 0.439. The third-order valence-electron chi connectivity index (χ3n) is 3.32. The zero-order valence-electron chi connectivity index (χ0n) is 11.8. The third-order valence-corrected chi connectivity index (χ3v) is 3.32. The molecule has 3 heterocycles. The van der Waals surface area contributed by atoms with E-state index in [1.807, 2.05) is 18.5 Å². The highest BCUT2D eigenvalue weighted by Crippen LogP contribution is 2.26. The normalized spacial score (nSPS) is 23.4. The Bertz CT molecular complexity index is 687. The topological polar surface area (TPSA) is 51.0 Å². The lowest BCUT2D eigenvalue weighted by Crippen LogP contribution is -1.98. The zero-order valence-corrected chi connectivity index (χ0v) is 11.8. The molecule has 4 nitrogen and oxygen atoms in total. The summed E-state index contributed by atoms with van der Waals surface area (Å²) in [7, 11) is 0. The number of aliphatic imine (C=N–C) groups is 1. The van der Waals surface area contributed by atoms with Gasteiger partial charge in [0.05, 0.1) is 5.70 Å². The molecule has 4 heteroatoms. The standard InChI is InChI=1S/C17H16N4/c1-13-4-6-21-17(16-10-19-12-20-11-16)8-15(7-13)14-3-2-5-18-9-14/h2-3,5-13H,4H2,1H3/b15-7+,17-8-,21-6?/t13-/m0/s1. The number of nitrogens with zero attached hydrogens (tertiary/aromatic N) is 4. The van der Waals surface area contributed by atoms with Crippen LogP contribution >= 0.6 is 0 Å². The first-order valence-electron chi connectivity index (χ1n) is 6.95. The Kier molecular flexibility index (Phi) is 3.96. The van der Waals surface area contributed by atoms with Gasteiger partial charge in [-0.15, -0.1) is 0 Å². The van der Waals surface area contributed by atoms with Gasteiger partial charge in [-0.1, -0.05) is 19.1 Å². The molecule has 0 fully saturated rings. The summed E-state index contributed by atoms with van der Waals surface area (Å²) in [6.07, 6.45) is 15.9. The van der Waals surface area contributed by atoms with Crippen molar-refractivity contribution >= 4 is 17.5 Å². The predicted molar refractivity (Wildman–Crippen MR) is 84.5 cm³/mol. The first kappa shape index (κ1) is 13.4. The van der Waals surface area contributed by atoms with Crippen LogP contribution in [-0.2, 0) is 0 Å². The molecule has 0 spiro atoms. The monoisotopic (exact) mass is 276 g/mol. The Labute approximate surface area is 124 Å². The summed E-state index contributed by atoms with van der Waals surface area (Å²) < 4.78 is 0. The van der Waals surface area contributed by atoms with Crippen LogP contribution in [0.25, 0.3) is 11.3 Å². The molecule has 2 aromatic rings. The summed E-state index contributed by atoms with van der Waals surface area (Å²) in [4.78, 5) is 16.9. The maximum absolute atomic E-state index is 4.57. The molecule has 3 rings (SSSR count). The van der Waals surface area contributed by atoms with Crippen LogP contribution in [0.1, 0.15) is 24.5 Å². The van der Waals surface area contributed by atoms with Crippen molar-refractivity contribution in [3.63, 3.8) is 0 Å². The number of aromatic nitrogens is 3. The molecule has 1 aliphatic rings. The van der Waals surface area contributed by atoms with Crippen molar-refractivity contribution in [2.75, 3.05) is 0 Å². The molecule has 0 aliphatic carbocycles. The Balaban J connectivity index is 2.07. The van der Waals surface area contributed by atoms with Crippen LogP contribution in [0.3, 0.4) is 0 Å². The Morgan fingerprint density at radius 2 is 1.86 bits per heavy atom. The number of hydrogen-bond acceptors (Lipinski definition) is 4. The lowest BCUT2D eigenvalue weighted by molar-refractivity contribution is 0.778. The van der Waals surface area contributed by atoms with E-state index in [1.54, 1.807) is 18.6 Å². The highest BCUT2D eigenvalue weighted by atomic mass is 14.8. The summed E-state index contributed by atoms with van der Waals surface area (Å²) in [5.41, 5.74) is 4.01. The van der Waals surface area contributed by atoms with Gasteiger partial charge in [-0.3, -0.25) is 9.98 Å². The molecule has 0 N–H and O–H groups in total. The minimum Gasteiger partial charge on any atom is -0.264 e. The third kappa shape index (κ3) is 3.28. The second-order valence-corrected chi connectivity index (χ2v) is 5.05. The Hall–Kier alpha value is -2.62. The largest absolute Gasteiger partial charge is 0.264 e. The van der Waals surface area contributed by atoms with Crippen molar-refractivity contribution in [2.24, 2.45) is 10.9 Å². The molecule has 0 unspecified atom stereocenters.